The van der Waals surface area contributed by atoms with Crippen molar-refractivity contribution >= 4 is 28.5 Å². The minimum atomic E-state index is -0.960. The van der Waals surface area contributed by atoms with Gasteiger partial charge in [-0.2, -0.15) is 5.10 Å². The molecule has 6 nitrogen and oxygen atoms in total. The summed E-state index contributed by atoms with van der Waals surface area (Å²) in [6, 6.07) is 11.1. The smallest absolute Gasteiger partial charge is 0.336 e. The highest BCUT2D eigenvalue weighted by Crippen LogP contribution is 2.36. The highest BCUT2D eigenvalue weighted by molar-refractivity contribution is 6.33. The standard InChI is InChI=1S/C22H25ClN4O2/c1-15-6-7-16(18(23)14-15)21-20-17(22(28)29)4-3-5-19(20)24-27(21)13-12-26-10-8-25(2)9-11-26/h3-7,14H,8-13H2,1-2H3,(H,28,29). The van der Waals surface area contributed by atoms with Crippen LogP contribution in [0.1, 0.15) is 15.9 Å². The number of aromatic nitrogens is 2. The number of rotatable bonds is 5. The Balaban J connectivity index is 1.79. The van der Waals surface area contributed by atoms with Gasteiger partial charge >= 0.3 is 5.97 Å². The molecule has 0 atom stereocenters. The fourth-order valence-electron chi connectivity index (χ4n) is 3.91. The molecule has 152 valence electrons. The zero-order valence-electron chi connectivity index (χ0n) is 16.7. The summed E-state index contributed by atoms with van der Waals surface area (Å²) in [5.74, 6) is -0.960. The van der Waals surface area contributed by atoms with Crippen molar-refractivity contribution in [3.05, 3.63) is 52.5 Å². The Morgan fingerprint density at radius 1 is 1.14 bits per heavy atom. The van der Waals surface area contributed by atoms with E-state index in [2.05, 4.69) is 16.8 Å². The number of carboxylic acid groups (broad SMARTS) is 1. The molecule has 1 aliphatic rings. The average Bonchev–Trinajstić information content (AvgIpc) is 3.06. The van der Waals surface area contributed by atoms with Crippen LogP contribution in [0.3, 0.4) is 0 Å². The second kappa shape index (κ2) is 8.14. The topological polar surface area (TPSA) is 61.6 Å². The van der Waals surface area contributed by atoms with Crippen LogP contribution < -0.4 is 0 Å². The summed E-state index contributed by atoms with van der Waals surface area (Å²) in [6.45, 7) is 7.69. The first-order valence-electron chi connectivity index (χ1n) is 9.84. The minimum Gasteiger partial charge on any atom is -0.478 e. The van der Waals surface area contributed by atoms with Crippen molar-refractivity contribution in [1.29, 1.82) is 0 Å². The summed E-state index contributed by atoms with van der Waals surface area (Å²) >= 11 is 6.59. The molecule has 7 heteroatoms. The van der Waals surface area contributed by atoms with Gasteiger partial charge in [-0.15, -0.1) is 0 Å². The van der Waals surface area contributed by atoms with Gasteiger partial charge in [-0.25, -0.2) is 4.79 Å². The van der Waals surface area contributed by atoms with Crippen molar-refractivity contribution in [2.45, 2.75) is 13.5 Å². The van der Waals surface area contributed by atoms with Gasteiger partial charge in [0.15, 0.2) is 0 Å². The first kappa shape index (κ1) is 19.9. The number of piperazine rings is 1. The van der Waals surface area contributed by atoms with Crippen LogP contribution in [-0.2, 0) is 6.54 Å². The number of carboxylic acids is 1. The summed E-state index contributed by atoms with van der Waals surface area (Å²) in [4.78, 5) is 16.7. The highest BCUT2D eigenvalue weighted by Gasteiger charge is 2.22. The van der Waals surface area contributed by atoms with Crippen molar-refractivity contribution in [1.82, 2.24) is 19.6 Å². The van der Waals surface area contributed by atoms with E-state index in [0.29, 0.717) is 22.5 Å². The first-order chi connectivity index (χ1) is 13.9. The van der Waals surface area contributed by atoms with Crippen LogP contribution in [0.2, 0.25) is 5.02 Å². The number of aromatic carboxylic acids is 1. The molecule has 1 saturated heterocycles. The molecule has 0 unspecified atom stereocenters. The van der Waals surface area contributed by atoms with Crippen LogP contribution in [0.25, 0.3) is 22.2 Å². The van der Waals surface area contributed by atoms with E-state index in [1.165, 1.54) is 0 Å². The Kier molecular flexibility index (Phi) is 5.58. The maximum absolute atomic E-state index is 11.9. The molecule has 1 fully saturated rings. The van der Waals surface area contributed by atoms with Gasteiger partial charge in [-0.3, -0.25) is 9.58 Å². The van der Waals surface area contributed by atoms with E-state index in [1.54, 1.807) is 12.1 Å². The number of hydrogen-bond acceptors (Lipinski definition) is 4. The summed E-state index contributed by atoms with van der Waals surface area (Å²) < 4.78 is 1.92. The third-order valence-corrected chi connectivity index (χ3v) is 5.91. The Hall–Kier alpha value is -2.41. The van der Waals surface area contributed by atoms with E-state index in [9.17, 15) is 9.90 Å². The Morgan fingerprint density at radius 3 is 2.59 bits per heavy atom. The van der Waals surface area contributed by atoms with Gasteiger partial charge in [0.05, 0.1) is 28.3 Å². The molecule has 29 heavy (non-hydrogen) atoms. The monoisotopic (exact) mass is 412 g/mol. The van der Waals surface area contributed by atoms with Crippen LogP contribution in [0, 0.1) is 6.92 Å². The van der Waals surface area contributed by atoms with Gasteiger partial charge in [0.1, 0.15) is 0 Å². The van der Waals surface area contributed by atoms with Gasteiger partial charge < -0.3 is 10.0 Å². The fraction of sp³-hybridized carbons (Fsp3) is 0.364. The number of hydrogen-bond donors (Lipinski definition) is 1. The largest absolute Gasteiger partial charge is 0.478 e. The average molecular weight is 413 g/mol. The maximum atomic E-state index is 11.9. The lowest BCUT2D eigenvalue weighted by Crippen LogP contribution is -2.45. The Morgan fingerprint density at radius 2 is 1.90 bits per heavy atom. The number of carbonyl (C=O) groups is 1. The van der Waals surface area contributed by atoms with Crippen molar-refractivity contribution in [2.75, 3.05) is 39.8 Å². The van der Waals surface area contributed by atoms with E-state index in [0.717, 1.165) is 49.5 Å². The molecule has 2 heterocycles. The minimum absolute atomic E-state index is 0.250. The second-order valence-electron chi connectivity index (χ2n) is 7.70. The predicted octanol–water partition coefficient (Wildman–Crippen LogP) is 3.61. The number of nitrogens with zero attached hydrogens (tertiary/aromatic N) is 4. The van der Waals surface area contributed by atoms with Gasteiger partial charge in [0, 0.05) is 43.7 Å². The first-order valence-corrected chi connectivity index (χ1v) is 10.2. The van der Waals surface area contributed by atoms with E-state index in [4.69, 9.17) is 16.7 Å². The molecule has 2 aromatic carbocycles. The van der Waals surface area contributed by atoms with Crippen LogP contribution in [0.15, 0.2) is 36.4 Å². The number of aryl methyl sites for hydroxylation is 1. The molecule has 0 aliphatic carbocycles. The van der Waals surface area contributed by atoms with Crippen molar-refractivity contribution in [3.8, 4) is 11.3 Å². The summed E-state index contributed by atoms with van der Waals surface area (Å²) in [7, 11) is 2.14. The molecule has 0 radical (unpaired) electrons. The predicted molar refractivity (Wildman–Crippen MR) is 116 cm³/mol. The Bertz CT molecular complexity index is 1050. The number of benzene rings is 2. The fourth-order valence-corrected chi connectivity index (χ4v) is 4.24. The van der Waals surface area contributed by atoms with E-state index in [1.807, 2.05) is 35.9 Å². The third-order valence-electron chi connectivity index (χ3n) is 5.60. The van der Waals surface area contributed by atoms with Crippen LogP contribution in [-0.4, -0.2) is 70.4 Å². The number of likely N-dealkylation sites (N-methyl/N-ethyl adjacent to an activating group) is 1. The molecular formula is C22H25ClN4O2. The lowest BCUT2D eigenvalue weighted by Gasteiger charge is -2.32. The maximum Gasteiger partial charge on any atom is 0.336 e. The van der Waals surface area contributed by atoms with Gasteiger partial charge in [0.2, 0.25) is 0 Å². The highest BCUT2D eigenvalue weighted by atomic mass is 35.5. The van der Waals surface area contributed by atoms with Gasteiger partial charge in [-0.1, -0.05) is 29.8 Å². The van der Waals surface area contributed by atoms with Gasteiger partial charge in [0.25, 0.3) is 0 Å². The quantitative estimate of drug-likeness (QED) is 0.693. The molecular weight excluding hydrogens is 388 g/mol. The summed E-state index contributed by atoms with van der Waals surface area (Å²) in [5.41, 5.74) is 3.57. The molecule has 4 rings (SSSR count). The zero-order chi connectivity index (χ0) is 20.5. The van der Waals surface area contributed by atoms with Crippen molar-refractivity contribution in [2.24, 2.45) is 0 Å². The van der Waals surface area contributed by atoms with Gasteiger partial charge in [-0.05, 0) is 37.7 Å². The lowest BCUT2D eigenvalue weighted by atomic mass is 10.0. The third kappa shape index (κ3) is 4.01. The molecule has 1 aromatic heterocycles. The van der Waals surface area contributed by atoms with Crippen LogP contribution >= 0.6 is 11.6 Å². The van der Waals surface area contributed by atoms with Crippen LogP contribution in [0.5, 0.6) is 0 Å². The molecule has 0 spiro atoms. The molecule has 1 aliphatic heterocycles. The summed E-state index contributed by atoms with van der Waals surface area (Å²) in [6.07, 6.45) is 0. The second-order valence-corrected chi connectivity index (χ2v) is 8.11. The van der Waals surface area contributed by atoms with E-state index < -0.39 is 5.97 Å². The Labute approximate surface area is 175 Å². The van der Waals surface area contributed by atoms with Crippen molar-refractivity contribution in [3.63, 3.8) is 0 Å². The number of halogens is 1. The molecule has 0 amide bonds. The molecule has 0 saturated carbocycles. The normalized spacial score (nSPS) is 15.8. The lowest BCUT2D eigenvalue weighted by molar-refractivity contribution is 0.0699. The van der Waals surface area contributed by atoms with Crippen LogP contribution in [0.4, 0.5) is 0 Å². The van der Waals surface area contributed by atoms with Crippen molar-refractivity contribution < 1.29 is 9.90 Å². The van der Waals surface area contributed by atoms with E-state index >= 15 is 0 Å². The molecule has 1 N–H and O–H groups in total. The number of fused-ring (bicyclic) bond motifs is 1. The van der Waals surface area contributed by atoms with E-state index in [-0.39, 0.29) is 5.56 Å². The summed E-state index contributed by atoms with van der Waals surface area (Å²) in [5, 5.41) is 15.8. The zero-order valence-corrected chi connectivity index (χ0v) is 17.5. The molecule has 3 aromatic rings. The SMILES string of the molecule is Cc1ccc(-c2c3c(C(=O)O)cccc3nn2CCN2CCN(C)CC2)c(Cl)c1. The molecule has 0 bridgehead atoms.